The third-order valence-electron chi connectivity index (χ3n) is 5.67. The van der Waals surface area contributed by atoms with Crippen LogP contribution in [0.4, 0.5) is 0 Å². The van der Waals surface area contributed by atoms with E-state index in [0.29, 0.717) is 30.0 Å². The van der Waals surface area contributed by atoms with E-state index in [1.165, 1.54) is 5.56 Å². The van der Waals surface area contributed by atoms with Crippen molar-refractivity contribution < 1.29 is 9.53 Å². The fraction of sp³-hybridized carbons (Fsp3) is 0.650. The molecule has 3 fully saturated rings. The van der Waals surface area contributed by atoms with E-state index in [4.69, 9.17) is 4.74 Å². The van der Waals surface area contributed by atoms with Crippen LogP contribution in [0.5, 0.6) is 0 Å². The number of hydrogen-bond donors (Lipinski definition) is 0. The van der Waals surface area contributed by atoms with Crippen LogP contribution in [0, 0.1) is 11.8 Å². The summed E-state index contributed by atoms with van der Waals surface area (Å²) >= 11 is 11.0. The van der Waals surface area contributed by atoms with Gasteiger partial charge < -0.3 is 4.74 Å². The van der Waals surface area contributed by atoms with Crippen LogP contribution in [0.2, 0.25) is 0 Å². The predicted octanol–water partition coefficient (Wildman–Crippen LogP) is 6.55. The molecule has 4 rings (SSSR count). The van der Waals surface area contributed by atoms with Gasteiger partial charge in [-0.3, -0.25) is 4.79 Å². The molecule has 3 aliphatic rings. The number of Topliss-reactive ketones (excluding diaryl/α,β-unsaturated/α-hetero) is 1. The molecule has 5 atom stereocenters. The molecule has 2 bridgehead atoms. The number of benzene rings is 1. The first-order valence-electron chi connectivity index (χ1n) is 9.20. The molecule has 1 aliphatic carbocycles. The molecule has 5 heteroatoms. The Morgan fingerprint density at radius 2 is 1.96 bits per heavy atom. The molecule has 1 aromatic rings. The number of fused-ring (bicyclic) bond motifs is 3. The Hall–Kier alpha value is 0.290. The molecule has 0 spiro atoms. The van der Waals surface area contributed by atoms with Crippen molar-refractivity contribution in [2.75, 3.05) is 0 Å². The smallest absolute Gasteiger partial charge is 0.162 e. The Morgan fingerprint density at radius 3 is 2.52 bits per heavy atom. The second-order valence-electron chi connectivity index (χ2n) is 7.38. The van der Waals surface area contributed by atoms with Crippen LogP contribution in [0.25, 0.3) is 0 Å². The first-order valence-corrected chi connectivity index (χ1v) is 11.6. The maximum absolute atomic E-state index is 13.0. The minimum atomic E-state index is -0.293. The van der Waals surface area contributed by atoms with Crippen LogP contribution in [-0.4, -0.2) is 20.1 Å². The van der Waals surface area contributed by atoms with Gasteiger partial charge in [-0.15, -0.1) is 0 Å². The standard InChI is InChI=1S/C20H25Br3O2/c1-2-6-14(13-7-4-3-5-8-13)12-17(24)19-15-9-10-18(25-19)16(11-15)20(21,22)23/h3-5,7-8,14-16,18-19H,2,6,9-12H2,1H3. The normalized spacial score (nSPS) is 30.2. The summed E-state index contributed by atoms with van der Waals surface area (Å²) in [6.07, 6.45) is 5.82. The molecular formula is C20H25Br3O2. The summed E-state index contributed by atoms with van der Waals surface area (Å²) in [5, 5.41) is 0. The molecule has 1 aromatic carbocycles. The highest BCUT2D eigenvalue weighted by molar-refractivity contribution is 9.39. The number of carbonyl (C=O) groups excluding carboxylic acids is 1. The maximum atomic E-state index is 13.0. The van der Waals surface area contributed by atoms with Gasteiger partial charge in [-0.1, -0.05) is 91.5 Å². The van der Waals surface area contributed by atoms with Crippen molar-refractivity contribution in [1.29, 1.82) is 0 Å². The van der Waals surface area contributed by atoms with E-state index in [9.17, 15) is 4.79 Å². The molecule has 0 N–H and O–H groups in total. The predicted molar refractivity (Wildman–Crippen MR) is 113 cm³/mol. The van der Waals surface area contributed by atoms with Crippen LogP contribution in [0.1, 0.15) is 56.9 Å². The zero-order valence-electron chi connectivity index (χ0n) is 14.5. The van der Waals surface area contributed by atoms with E-state index in [-0.39, 0.29) is 14.4 Å². The van der Waals surface area contributed by atoms with E-state index in [2.05, 4.69) is 79.0 Å². The lowest BCUT2D eigenvalue weighted by Gasteiger charge is -2.49. The summed E-state index contributed by atoms with van der Waals surface area (Å²) in [7, 11) is 0. The van der Waals surface area contributed by atoms with Crippen molar-refractivity contribution in [3.05, 3.63) is 35.9 Å². The molecule has 138 valence electrons. The van der Waals surface area contributed by atoms with Crippen molar-refractivity contribution in [1.82, 2.24) is 0 Å². The van der Waals surface area contributed by atoms with E-state index < -0.39 is 0 Å². The van der Waals surface area contributed by atoms with Crippen LogP contribution in [0.3, 0.4) is 0 Å². The number of carbonyl (C=O) groups is 1. The van der Waals surface area contributed by atoms with Gasteiger partial charge in [0.15, 0.2) is 5.78 Å². The lowest BCUT2D eigenvalue weighted by molar-refractivity contribution is -0.171. The third-order valence-corrected chi connectivity index (χ3v) is 7.43. The summed E-state index contributed by atoms with van der Waals surface area (Å²) < 4.78 is 5.97. The highest BCUT2D eigenvalue weighted by Gasteiger charge is 2.51. The first kappa shape index (κ1) is 20.0. The number of halogens is 3. The van der Waals surface area contributed by atoms with Crippen molar-refractivity contribution >= 4 is 53.6 Å². The van der Waals surface area contributed by atoms with Gasteiger partial charge in [0.05, 0.1) is 6.10 Å². The van der Waals surface area contributed by atoms with Crippen LogP contribution < -0.4 is 0 Å². The van der Waals surface area contributed by atoms with E-state index in [1.54, 1.807) is 0 Å². The van der Waals surface area contributed by atoms with Gasteiger partial charge in [-0.05, 0) is 43.1 Å². The molecule has 2 heterocycles. The molecule has 2 saturated heterocycles. The van der Waals surface area contributed by atoms with E-state index in [1.807, 2.05) is 6.07 Å². The fourth-order valence-corrected chi connectivity index (χ4v) is 5.86. The Balaban J connectivity index is 1.67. The number of rotatable bonds is 6. The van der Waals surface area contributed by atoms with Crippen molar-refractivity contribution in [2.24, 2.45) is 11.8 Å². The Labute approximate surface area is 175 Å². The molecule has 2 aliphatic heterocycles. The summed E-state index contributed by atoms with van der Waals surface area (Å²) in [5.74, 6) is 1.28. The largest absolute Gasteiger partial charge is 0.367 e. The highest BCUT2D eigenvalue weighted by Crippen LogP contribution is 2.53. The summed E-state index contributed by atoms with van der Waals surface area (Å²) in [6, 6.07) is 10.4. The van der Waals surface area contributed by atoms with Gasteiger partial charge in [0, 0.05) is 12.3 Å². The zero-order valence-corrected chi connectivity index (χ0v) is 19.2. The monoisotopic (exact) mass is 534 g/mol. The quantitative estimate of drug-likeness (QED) is 0.385. The van der Waals surface area contributed by atoms with E-state index >= 15 is 0 Å². The lowest BCUT2D eigenvalue weighted by Crippen LogP contribution is -2.52. The number of hydrogen-bond acceptors (Lipinski definition) is 2. The second-order valence-corrected chi connectivity index (χ2v) is 14.3. The number of ketones is 1. The van der Waals surface area contributed by atoms with Crippen molar-refractivity contribution in [2.45, 2.75) is 65.7 Å². The number of ether oxygens (including phenoxy) is 1. The van der Waals surface area contributed by atoms with Gasteiger partial charge in [0.2, 0.25) is 0 Å². The zero-order chi connectivity index (χ0) is 18.0. The van der Waals surface area contributed by atoms with Crippen LogP contribution in [-0.2, 0) is 9.53 Å². The number of alkyl halides is 3. The maximum Gasteiger partial charge on any atom is 0.162 e. The van der Waals surface area contributed by atoms with Gasteiger partial charge in [0.25, 0.3) is 0 Å². The van der Waals surface area contributed by atoms with Crippen LogP contribution in [0.15, 0.2) is 30.3 Å². The van der Waals surface area contributed by atoms with Gasteiger partial charge in [-0.25, -0.2) is 0 Å². The Kier molecular flexibility index (Phi) is 6.84. The highest BCUT2D eigenvalue weighted by atomic mass is 80.0. The molecule has 5 unspecified atom stereocenters. The molecule has 25 heavy (non-hydrogen) atoms. The molecule has 0 amide bonds. The average Bonchev–Trinajstić information content (AvgIpc) is 2.61. The molecule has 0 radical (unpaired) electrons. The van der Waals surface area contributed by atoms with Gasteiger partial charge in [0.1, 0.15) is 8.25 Å². The Morgan fingerprint density at radius 1 is 1.24 bits per heavy atom. The molecule has 1 saturated carbocycles. The fourth-order valence-electron chi connectivity index (χ4n) is 4.42. The lowest BCUT2D eigenvalue weighted by atomic mass is 9.72. The molecular weight excluding hydrogens is 512 g/mol. The third kappa shape index (κ3) is 4.77. The second kappa shape index (κ2) is 8.53. The summed E-state index contributed by atoms with van der Waals surface area (Å²) in [4.78, 5) is 13.0. The van der Waals surface area contributed by atoms with Crippen LogP contribution >= 0.6 is 47.8 Å². The molecule has 2 nitrogen and oxygen atoms in total. The van der Waals surface area contributed by atoms with Crippen molar-refractivity contribution in [3.63, 3.8) is 0 Å². The van der Waals surface area contributed by atoms with Gasteiger partial charge in [-0.2, -0.15) is 0 Å². The first-order chi connectivity index (χ1) is 11.9. The van der Waals surface area contributed by atoms with E-state index in [0.717, 1.165) is 32.1 Å². The average molecular weight is 537 g/mol. The van der Waals surface area contributed by atoms with Gasteiger partial charge >= 0.3 is 0 Å². The summed E-state index contributed by atoms with van der Waals surface area (Å²) in [5.41, 5.74) is 1.27. The minimum absolute atomic E-state index is 0.137. The molecule has 0 aromatic heterocycles. The minimum Gasteiger partial charge on any atom is -0.367 e. The topological polar surface area (TPSA) is 26.3 Å². The SMILES string of the molecule is CCCC(CC(=O)C1OC2CCC1CC2C(Br)(Br)Br)c1ccccc1. The Bertz CT molecular complexity index is 584. The van der Waals surface area contributed by atoms with Crippen molar-refractivity contribution in [3.8, 4) is 0 Å². The summed E-state index contributed by atoms with van der Waals surface area (Å²) in [6.45, 7) is 2.19.